The predicted octanol–water partition coefficient (Wildman–Crippen LogP) is 4.05. The van der Waals surface area contributed by atoms with Gasteiger partial charge in [0.15, 0.2) is 0 Å². The van der Waals surface area contributed by atoms with Crippen LogP contribution >= 0.6 is 0 Å². The van der Waals surface area contributed by atoms with E-state index in [1.165, 1.54) is 77.0 Å². The van der Waals surface area contributed by atoms with E-state index in [1.807, 2.05) is 0 Å². The van der Waals surface area contributed by atoms with Crippen LogP contribution in [0.4, 0.5) is 0 Å². The largest absolute Gasteiger partial charge is 0.376 e. The van der Waals surface area contributed by atoms with Gasteiger partial charge in [-0.1, -0.05) is 51.4 Å². The van der Waals surface area contributed by atoms with Gasteiger partial charge in [-0.3, -0.25) is 0 Å². The minimum atomic E-state index is 0.351. The third-order valence-electron chi connectivity index (χ3n) is 5.09. The summed E-state index contributed by atoms with van der Waals surface area (Å²) in [7, 11) is 2.10. The molecule has 0 aromatic heterocycles. The minimum Gasteiger partial charge on any atom is -0.376 e. The lowest BCUT2D eigenvalue weighted by molar-refractivity contribution is -0.0381. The molecule has 2 rings (SSSR count). The first-order valence-corrected chi connectivity index (χ1v) is 9.30. The first-order chi connectivity index (χ1) is 10.4. The molecule has 2 aliphatic rings. The zero-order valence-corrected chi connectivity index (χ0v) is 13.9. The van der Waals surface area contributed by atoms with Crippen LogP contribution in [0.1, 0.15) is 77.0 Å². The van der Waals surface area contributed by atoms with Gasteiger partial charge in [0.1, 0.15) is 0 Å². The van der Waals surface area contributed by atoms with Crippen molar-refractivity contribution in [2.75, 3.05) is 20.3 Å². The molecule has 2 fully saturated rings. The Labute approximate surface area is 131 Å². The molecule has 0 amide bonds. The highest BCUT2D eigenvalue weighted by atomic mass is 16.5. The second kappa shape index (κ2) is 10.6. The highest BCUT2D eigenvalue weighted by Gasteiger charge is 2.23. The lowest BCUT2D eigenvalue weighted by Gasteiger charge is -2.28. The van der Waals surface area contributed by atoms with Crippen molar-refractivity contribution in [1.29, 1.82) is 0 Å². The smallest absolute Gasteiger partial charge is 0.0809 e. The Morgan fingerprint density at radius 1 is 0.857 bits per heavy atom. The number of likely N-dealkylation sites (N-methyl/N-ethyl adjacent to an activating group) is 1. The van der Waals surface area contributed by atoms with Gasteiger partial charge in [0.05, 0.1) is 18.8 Å². The van der Waals surface area contributed by atoms with E-state index in [2.05, 4.69) is 12.4 Å². The SMILES string of the molecule is CNC1CCCCCCCCCCC1OCC1CCCO1. The average Bonchev–Trinajstić information content (AvgIpc) is 3.00. The summed E-state index contributed by atoms with van der Waals surface area (Å²) in [6.07, 6.45) is 16.7. The van der Waals surface area contributed by atoms with Gasteiger partial charge < -0.3 is 14.8 Å². The molecule has 1 heterocycles. The molecule has 3 atom stereocenters. The third kappa shape index (κ3) is 6.66. The number of nitrogens with one attached hydrogen (secondary N) is 1. The maximum atomic E-state index is 6.29. The van der Waals surface area contributed by atoms with Crippen LogP contribution in [0.15, 0.2) is 0 Å². The van der Waals surface area contributed by atoms with Gasteiger partial charge in [-0.05, 0) is 32.7 Å². The van der Waals surface area contributed by atoms with E-state index in [0.717, 1.165) is 13.2 Å². The van der Waals surface area contributed by atoms with Gasteiger partial charge in [-0.2, -0.15) is 0 Å². The Morgan fingerprint density at radius 3 is 2.14 bits per heavy atom. The average molecular weight is 297 g/mol. The van der Waals surface area contributed by atoms with Gasteiger partial charge in [-0.15, -0.1) is 0 Å². The van der Waals surface area contributed by atoms with Crippen molar-refractivity contribution in [3.63, 3.8) is 0 Å². The molecule has 21 heavy (non-hydrogen) atoms. The summed E-state index contributed by atoms with van der Waals surface area (Å²) < 4.78 is 12.0. The van der Waals surface area contributed by atoms with Crippen molar-refractivity contribution >= 4 is 0 Å². The number of ether oxygens (including phenoxy) is 2. The van der Waals surface area contributed by atoms with Crippen LogP contribution in [0.25, 0.3) is 0 Å². The minimum absolute atomic E-state index is 0.351. The van der Waals surface area contributed by atoms with Gasteiger partial charge in [0, 0.05) is 12.6 Å². The van der Waals surface area contributed by atoms with E-state index in [0.29, 0.717) is 18.2 Å². The zero-order valence-electron chi connectivity index (χ0n) is 13.9. The molecule has 0 aromatic rings. The molecular weight excluding hydrogens is 262 g/mol. The highest BCUT2D eigenvalue weighted by Crippen LogP contribution is 2.21. The third-order valence-corrected chi connectivity index (χ3v) is 5.09. The van der Waals surface area contributed by atoms with Crippen molar-refractivity contribution in [1.82, 2.24) is 5.32 Å². The summed E-state index contributed by atoms with van der Waals surface area (Å²) in [6.45, 7) is 1.72. The molecule has 0 bridgehead atoms. The molecule has 1 saturated heterocycles. The molecule has 0 radical (unpaired) electrons. The molecule has 0 aromatic carbocycles. The molecule has 3 heteroatoms. The van der Waals surface area contributed by atoms with Crippen LogP contribution in [0.5, 0.6) is 0 Å². The molecule has 0 spiro atoms. The Hall–Kier alpha value is -0.120. The van der Waals surface area contributed by atoms with Crippen LogP contribution < -0.4 is 5.32 Å². The van der Waals surface area contributed by atoms with Crippen molar-refractivity contribution in [3.8, 4) is 0 Å². The van der Waals surface area contributed by atoms with E-state index in [-0.39, 0.29) is 0 Å². The molecule has 1 aliphatic carbocycles. The van der Waals surface area contributed by atoms with Crippen LogP contribution in [-0.4, -0.2) is 38.5 Å². The lowest BCUT2D eigenvalue weighted by atomic mass is 9.96. The van der Waals surface area contributed by atoms with E-state index in [9.17, 15) is 0 Å². The first kappa shape index (κ1) is 17.2. The van der Waals surface area contributed by atoms with Gasteiger partial charge in [0.2, 0.25) is 0 Å². The second-order valence-electron chi connectivity index (χ2n) is 6.81. The number of hydrogen-bond donors (Lipinski definition) is 1. The Kier molecular flexibility index (Phi) is 8.68. The van der Waals surface area contributed by atoms with Crippen molar-refractivity contribution in [3.05, 3.63) is 0 Å². The van der Waals surface area contributed by atoms with Crippen molar-refractivity contribution in [2.24, 2.45) is 0 Å². The molecule has 3 unspecified atom stereocenters. The molecule has 1 aliphatic heterocycles. The van der Waals surface area contributed by atoms with Gasteiger partial charge >= 0.3 is 0 Å². The van der Waals surface area contributed by atoms with Crippen LogP contribution in [0.2, 0.25) is 0 Å². The summed E-state index contributed by atoms with van der Waals surface area (Å²) in [5.41, 5.74) is 0. The van der Waals surface area contributed by atoms with E-state index < -0.39 is 0 Å². The second-order valence-corrected chi connectivity index (χ2v) is 6.81. The maximum absolute atomic E-state index is 6.29. The maximum Gasteiger partial charge on any atom is 0.0809 e. The van der Waals surface area contributed by atoms with Crippen molar-refractivity contribution in [2.45, 2.75) is 95.3 Å². The topological polar surface area (TPSA) is 30.5 Å². The summed E-state index contributed by atoms with van der Waals surface area (Å²) >= 11 is 0. The normalized spacial score (nSPS) is 33.3. The molecule has 1 saturated carbocycles. The fourth-order valence-electron chi connectivity index (χ4n) is 3.69. The lowest BCUT2D eigenvalue weighted by Crippen LogP contribution is -2.40. The fraction of sp³-hybridized carbons (Fsp3) is 1.00. The Bertz CT molecular complexity index is 254. The monoisotopic (exact) mass is 297 g/mol. The quantitative estimate of drug-likeness (QED) is 0.849. The first-order valence-electron chi connectivity index (χ1n) is 9.30. The van der Waals surface area contributed by atoms with E-state index in [4.69, 9.17) is 9.47 Å². The molecule has 3 nitrogen and oxygen atoms in total. The number of rotatable bonds is 4. The summed E-state index contributed by atoms with van der Waals surface area (Å²) in [5.74, 6) is 0. The molecule has 124 valence electrons. The van der Waals surface area contributed by atoms with Crippen LogP contribution in [0.3, 0.4) is 0 Å². The van der Waals surface area contributed by atoms with Gasteiger partial charge in [0.25, 0.3) is 0 Å². The fourth-order valence-corrected chi connectivity index (χ4v) is 3.69. The Morgan fingerprint density at radius 2 is 1.52 bits per heavy atom. The zero-order chi connectivity index (χ0) is 14.8. The predicted molar refractivity (Wildman–Crippen MR) is 87.7 cm³/mol. The summed E-state index contributed by atoms with van der Waals surface area (Å²) in [5, 5.41) is 3.52. The molecule has 1 N–H and O–H groups in total. The molecular formula is C18H35NO2. The highest BCUT2D eigenvalue weighted by molar-refractivity contribution is 4.78. The standard InChI is InChI=1S/C18H35NO2/c1-19-17-12-8-6-4-2-3-5-7-9-13-18(17)21-15-16-11-10-14-20-16/h16-19H,2-15H2,1H3. The number of hydrogen-bond acceptors (Lipinski definition) is 3. The van der Waals surface area contributed by atoms with Crippen LogP contribution in [-0.2, 0) is 9.47 Å². The Balaban J connectivity index is 1.80. The van der Waals surface area contributed by atoms with E-state index >= 15 is 0 Å². The van der Waals surface area contributed by atoms with Gasteiger partial charge in [-0.25, -0.2) is 0 Å². The van der Waals surface area contributed by atoms with Crippen LogP contribution in [0, 0.1) is 0 Å². The summed E-state index contributed by atoms with van der Waals surface area (Å²) in [4.78, 5) is 0. The summed E-state index contributed by atoms with van der Waals surface area (Å²) in [6, 6.07) is 0.519. The van der Waals surface area contributed by atoms with Crippen molar-refractivity contribution < 1.29 is 9.47 Å². The van der Waals surface area contributed by atoms with E-state index in [1.54, 1.807) is 0 Å².